The van der Waals surface area contributed by atoms with E-state index in [1.807, 2.05) is 53.2 Å². The van der Waals surface area contributed by atoms with Gasteiger partial charge >= 0.3 is 5.97 Å². The van der Waals surface area contributed by atoms with Crippen LogP contribution in [0.5, 0.6) is 0 Å². The Labute approximate surface area is 449 Å². The number of hydrogen-bond acceptors (Lipinski definition) is 14. The van der Waals surface area contributed by atoms with E-state index in [-0.39, 0.29) is 35.8 Å². The minimum Gasteiger partial charge on any atom is -0.481 e. The van der Waals surface area contributed by atoms with Crippen LogP contribution in [0.4, 0.5) is 11.6 Å². The average molecular weight is 1160 g/mol. The number of anilines is 2. The van der Waals surface area contributed by atoms with Gasteiger partial charge in [-0.15, -0.1) is 0 Å². The Balaban J connectivity index is 0.000000216. The Morgan fingerprint density at radius 2 is 1.34 bits per heavy atom. The molecule has 0 aliphatic heterocycles. The maximum atomic E-state index is 12.6. The topological polar surface area (TPSA) is 233 Å². The van der Waals surface area contributed by atoms with Gasteiger partial charge in [0.2, 0.25) is 0 Å². The number of aliphatic hydroxyl groups excluding tert-OH is 2. The number of carbonyl (C=O) groups excluding carboxylic acids is 2. The molecule has 0 spiro atoms. The van der Waals surface area contributed by atoms with Crippen molar-refractivity contribution in [3.05, 3.63) is 87.6 Å². The molecule has 0 amide bonds. The summed E-state index contributed by atoms with van der Waals surface area (Å²) >= 11 is 2.29. The Hall–Kier alpha value is -4.98. The molecule has 2 fully saturated rings. The Kier molecular flexibility index (Phi) is 18.3. The molecular weight excluding hydrogens is 1090 g/mol. The zero-order valence-electron chi connectivity index (χ0n) is 44.2. The van der Waals surface area contributed by atoms with Crippen LogP contribution >= 0.6 is 22.6 Å². The summed E-state index contributed by atoms with van der Waals surface area (Å²) in [7, 11) is -2.39. The SMILES string of the molecule is CC(=O)C1(CO)CCC(c2cc(N(COCC[Si](C)(C)C)COCC[Si](C)(C)C)n3ncc(I)c3n2)CC1.CC(=O)c1c(C2CCC(CO)(C(=O)O)CC2)nc2c(-c3ccc(-c4ccccc4)nc3)cnn2c1N. The molecule has 8 rings (SSSR count). The van der Waals surface area contributed by atoms with Crippen LogP contribution in [0.15, 0.2) is 67.1 Å². The highest BCUT2D eigenvalue weighted by Gasteiger charge is 2.43. The van der Waals surface area contributed by atoms with E-state index < -0.39 is 39.6 Å². The van der Waals surface area contributed by atoms with Crippen molar-refractivity contribution in [3.8, 4) is 22.4 Å². The van der Waals surface area contributed by atoms with Crippen molar-refractivity contribution in [3.63, 3.8) is 0 Å². The molecule has 2 saturated carbocycles. The molecule has 5 N–H and O–H groups in total. The van der Waals surface area contributed by atoms with Crippen LogP contribution < -0.4 is 10.6 Å². The van der Waals surface area contributed by atoms with Crippen molar-refractivity contribution >= 4 is 79.2 Å². The maximum Gasteiger partial charge on any atom is 0.311 e. The van der Waals surface area contributed by atoms with Gasteiger partial charge in [-0.25, -0.2) is 9.97 Å². The molecule has 0 bridgehead atoms. The number of carboxylic acid groups (broad SMARTS) is 1. The summed E-state index contributed by atoms with van der Waals surface area (Å²) in [5, 5.41) is 38.4. The molecule has 20 heteroatoms. The van der Waals surface area contributed by atoms with Gasteiger partial charge in [-0.05, 0) is 106 Å². The summed E-state index contributed by atoms with van der Waals surface area (Å²) in [6, 6.07) is 18.1. The summed E-state index contributed by atoms with van der Waals surface area (Å²) in [6.07, 6.45) is 9.84. The zero-order valence-corrected chi connectivity index (χ0v) is 48.4. The second kappa shape index (κ2) is 23.9. The lowest BCUT2D eigenvalue weighted by atomic mass is 9.68. The summed E-state index contributed by atoms with van der Waals surface area (Å²) < 4.78 is 16.7. The highest BCUT2D eigenvalue weighted by molar-refractivity contribution is 14.1. The molecule has 0 saturated heterocycles. The largest absolute Gasteiger partial charge is 0.481 e. The molecule has 0 atom stereocenters. The van der Waals surface area contributed by atoms with Crippen LogP contribution in [-0.2, 0) is 19.1 Å². The third kappa shape index (κ3) is 13.2. The normalized spacial score (nSPS) is 20.3. The third-order valence-corrected chi connectivity index (χ3v) is 19.1. The van der Waals surface area contributed by atoms with Crippen LogP contribution in [0.25, 0.3) is 33.7 Å². The van der Waals surface area contributed by atoms with Gasteiger partial charge in [-0.1, -0.05) is 75.7 Å². The molecule has 17 nitrogen and oxygen atoms in total. The average Bonchev–Trinajstić information content (AvgIpc) is 3.98. The van der Waals surface area contributed by atoms with E-state index in [2.05, 4.69) is 88.0 Å². The third-order valence-electron chi connectivity index (χ3n) is 14.9. The molecule has 6 aromatic rings. The number of Topliss-reactive ketones (excluding diaryl/α,β-unsaturated/α-hetero) is 2. The number of aromatic nitrogens is 7. The fourth-order valence-corrected chi connectivity index (χ4v) is 11.8. The molecule has 0 radical (unpaired) electrons. The lowest BCUT2D eigenvalue weighted by Gasteiger charge is -2.37. The van der Waals surface area contributed by atoms with Gasteiger partial charge in [0.25, 0.3) is 0 Å². The number of carboxylic acids is 1. The van der Waals surface area contributed by atoms with Crippen molar-refractivity contribution in [2.24, 2.45) is 10.8 Å². The molecule has 5 heterocycles. The number of benzene rings is 1. The van der Waals surface area contributed by atoms with Crippen molar-refractivity contribution in [1.82, 2.24) is 34.2 Å². The molecule has 398 valence electrons. The summed E-state index contributed by atoms with van der Waals surface area (Å²) in [5.41, 5.74) is 11.3. The number of aliphatic hydroxyl groups is 2. The van der Waals surface area contributed by atoms with Crippen molar-refractivity contribution in [2.75, 3.05) is 50.5 Å². The summed E-state index contributed by atoms with van der Waals surface area (Å²) in [4.78, 5) is 53.3. The second-order valence-corrected chi connectivity index (χ2v) is 35.1. The van der Waals surface area contributed by atoms with Crippen LogP contribution in [0, 0.1) is 14.4 Å². The highest BCUT2D eigenvalue weighted by atomic mass is 127. The number of pyridine rings is 1. The number of ether oxygens (including phenoxy) is 2. The van der Waals surface area contributed by atoms with E-state index in [4.69, 9.17) is 25.2 Å². The molecule has 5 aromatic heterocycles. The number of hydrogen-bond donors (Lipinski definition) is 4. The first kappa shape index (κ1) is 56.7. The number of fused-ring (bicyclic) bond motifs is 2. The first-order valence-corrected chi connectivity index (χ1v) is 34.2. The first-order valence-electron chi connectivity index (χ1n) is 25.7. The molecule has 2 aliphatic carbocycles. The quantitative estimate of drug-likeness (QED) is 0.0183. The standard InChI is InChI=1S/C27H47IN4O4Si2.C27H27N5O4/c1-21(34)27(18-33)10-8-22(9-11-27)24-16-25(32-26(30-24)23(28)17-29-32)31(19-35-12-14-37(2,3)4)20-36-13-15-38(5,6)7;1-16(34)22-23(18-9-11-27(15-33,12-10-18)26(35)36)31-25-20(14-30-32(25)24(22)28)19-7-8-21(29-13-19)17-5-3-2-4-6-17/h16-17,22,33H,8-15,18-20H2,1-7H3;2-8,13-14,18,33H,9-12,15,28H2,1H3,(H,35,36). The number of carbonyl (C=O) groups is 3. The van der Waals surface area contributed by atoms with E-state index in [1.165, 1.54) is 11.4 Å². The monoisotopic (exact) mass is 1160 g/mol. The fraction of sp³-hybridized carbons (Fsp3) is 0.519. The number of rotatable bonds is 20. The molecule has 0 unspecified atom stereocenters. The maximum absolute atomic E-state index is 12.6. The van der Waals surface area contributed by atoms with Crippen LogP contribution in [-0.4, -0.2) is 123 Å². The van der Waals surface area contributed by atoms with Crippen molar-refractivity contribution in [2.45, 2.75) is 128 Å². The van der Waals surface area contributed by atoms with Gasteiger partial charge in [-0.3, -0.25) is 19.4 Å². The Morgan fingerprint density at radius 1 is 0.757 bits per heavy atom. The highest BCUT2D eigenvalue weighted by Crippen LogP contribution is 2.46. The number of nitrogens with two attached hydrogens (primary N) is 1. The van der Waals surface area contributed by atoms with E-state index in [9.17, 15) is 29.7 Å². The summed E-state index contributed by atoms with van der Waals surface area (Å²) in [5.74, 6) is 0.0644. The van der Waals surface area contributed by atoms with Gasteiger partial charge in [0.15, 0.2) is 17.1 Å². The predicted molar refractivity (Wildman–Crippen MR) is 302 cm³/mol. The minimum absolute atomic E-state index is 0.0788. The number of nitrogens with zero attached hydrogens (tertiary/aromatic N) is 8. The van der Waals surface area contributed by atoms with E-state index in [1.54, 1.807) is 19.3 Å². The van der Waals surface area contributed by atoms with E-state index in [0.717, 1.165) is 81.3 Å². The predicted octanol–water partition coefficient (Wildman–Crippen LogP) is 9.95. The lowest BCUT2D eigenvalue weighted by Crippen LogP contribution is -2.38. The van der Waals surface area contributed by atoms with E-state index in [0.29, 0.717) is 68.9 Å². The van der Waals surface area contributed by atoms with E-state index >= 15 is 0 Å². The smallest absolute Gasteiger partial charge is 0.311 e. The minimum atomic E-state index is -1.20. The number of halogens is 1. The second-order valence-electron chi connectivity index (χ2n) is 22.7. The lowest BCUT2D eigenvalue weighted by molar-refractivity contribution is -0.154. The molecule has 1 aromatic carbocycles. The van der Waals surface area contributed by atoms with Crippen LogP contribution in [0.1, 0.15) is 98.8 Å². The van der Waals surface area contributed by atoms with Gasteiger partial charge in [0, 0.05) is 75.8 Å². The summed E-state index contributed by atoms with van der Waals surface area (Å²) in [6.45, 7) is 19.0. The van der Waals surface area contributed by atoms with Crippen LogP contribution in [0.2, 0.25) is 51.4 Å². The number of aliphatic carboxylic acids is 1. The molecular formula is C54H74IN9O8Si2. The van der Waals surface area contributed by atoms with Gasteiger partial charge < -0.3 is 35.4 Å². The Morgan fingerprint density at radius 3 is 1.86 bits per heavy atom. The first-order chi connectivity index (χ1) is 35.1. The van der Waals surface area contributed by atoms with Crippen molar-refractivity contribution in [1.29, 1.82) is 0 Å². The fourth-order valence-electron chi connectivity index (χ4n) is 9.85. The zero-order chi connectivity index (χ0) is 53.6. The molecule has 2 aliphatic rings. The van der Waals surface area contributed by atoms with Gasteiger partial charge in [0.1, 0.15) is 30.9 Å². The van der Waals surface area contributed by atoms with Gasteiger partial charge in [0.05, 0.1) is 57.0 Å². The molecule has 74 heavy (non-hydrogen) atoms. The van der Waals surface area contributed by atoms with Gasteiger partial charge in [-0.2, -0.15) is 19.2 Å². The van der Waals surface area contributed by atoms with Crippen molar-refractivity contribution < 1.29 is 39.2 Å². The number of nitrogen functional groups attached to an aromatic ring is 1. The van der Waals surface area contributed by atoms with Crippen LogP contribution in [0.3, 0.4) is 0 Å². The number of ketones is 2. The Bertz CT molecular complexity index is 2880.